The highest BCUT2D eigenvalue weighted by Gasteiger charge is 2.32. The van der Waals surface area contributed by atoms with Crippen LogP contribution in [0.25, 0.3) is 22.2 Å². The number of carbonyl (C=O) groups excluding carboxylic acids is 1. The lowest BCUT2D eigenvalue weighted by atomic mass is 10.0. The molecule has 0 saturated carbocycles. The van der Waals surface area contributed by atoms with Crippen molar-refractivity contribution in [2.45, 2.75) is 31.7 Å². The fourth-order valence-corrected chi connectivity index (χ4v) is 5.33. The number of amides is 2. The van der Waals surface area contributed by atoms with Crippen LogP contribution in [0.2, 0.25) is 0 Å². The lowest BCUT2D eigenvalue weighted by Crippen LogP contribution is -2.48. The topological polar surface area (TPSA) is 84.2 Å². The van der Waals surface area contributed by atoms with Gasteiger partial charge < -0.3 is 29.9 Å². The highest BCUT2D eigenvalue weighted by atomic mass is 19.1. The molecule has 2 aromatic carbocycles. The van der Waals surface area contributed by atoms with Gasteiger partial charge in [0.25, 0.3) is 0 Å². The normalized spacial score (nSPS) is 19.2. The molecule has 1 aromatic heterocycles. The van der Waals surface area contributed by atoms with E-state index in [0.29, 0.717) is 63.4 Å². The second-order valence-corrected chi connectivity index (χ2v) is 9.61. The molecule has 196 valence electrons. The predicted molar refractivity (Wildman–Crippen MR) is 144 cm³/mol. The van der Waals surface area contributed by atoms with Gasteiger partial charge in [0.2, 0.25) is 0 Å². The van der Waals surface area contributed by atoms with E-state index < -0.39 is 6.17 Å². The van der Waals surface area contributed by atoms with Gasteiger partial charge in [0.1, 0.15) is 18.1 Å². The first kappa shape index (κ1) is 25.1. The number of carbonyl (C=O) groups is 1. The minimum atomic E-state index is -0.817. The quantitative estimate of drug-likeness (QED) is 0.523. The Morgan fingerprint density at radius 1 is 0.973 bits per heavy atom. The number of urea groups is 1. The zero-order valence-corrected chi connectivity index (χ0v) is 21.4. The van der Waals surface area contributed by atoms with Gasteiger partial charge in [-0.3, -0.25) is 0 Å². The van der Waals surface area contributed by atoms with Gasteiger partial charge >= 0.3 is 6.03 Å². The Balaban J connectivity index is 1.49. The third-order valence-electron chi connectivity index (χ3n) is 7.33. The molecule has 8 nitrogen and oxygen atoms in total. The van der Waals surface area contributed by atoms with Gasteiger partial charge in [-0.2, -0.15) is 0 Å². The summed E-state index contributed by atoms with van der Waals surface area (Å²) < 4.78 is 25.3. The number of ether oxygens (including phenoxy) is 2. The van der Waals surface area contributed by atoms with Gasteiger partial charge in [-0.25, -0.2) is 14.2 Å². The number of hydrogen-bond acceptors (Lipinski definition) is 6. The number of benzene rings is 2. The summed E-state index contributed by atoms with van der Waals surface area (Å²) in [6.45, 7) is 2.51. The number of nitrogen functional groups attached to an aromatic ring is 1. The van der Waals surface area contributed by atoms with Crippen molar-refractivity contribution < 1.29 is 18.7 Å². The Morgan fingerprint density at radius 2 is 1.70 bits per heavy atom. The smallest absolute Gasteiger partial charge is 0.320 e. The van der Waals surface area contributed by atoms with E-state index in [0.717, 1.165) is 27.8 Å². The summed E-state index contributed by atoms with van der Waals surface area (Å²) in [5.74, 6) is 0.624. The van der Waals surface area contributed by atoms with Gasteiger partial charge in [-0.1, -0.05) is 24.3 Å². The van der Waals surface area contributed by atoms with Crippen molar-refractivity contribution in [1.29, 1.82) is 0 Å². The molecule has 2 N–H and O–H groups in total. The molecular weight excluding hydrogens is 473 g/mol. The van der Waals surface area contributed by atoms with E-state index >= 15 is 0 Å². The highest BCUT2D eigenvalue weighted by Crippen LogP contribution is 2.42. The first-order chi connectivity index (χ1) is 18.0. The molecule has 2 aliphatic rings. The van der Waals surface area contributed by atoms with Crippen LogP contribution >= 0.6 is 0 Å². The Morgan fingerprint density at radius 3 is 2.46 bits per heavy atom. The van der Waals surface area contributed by atoms with E-state index in [-0.39, 0.29) is 12.3 Å². The van der Waals surface area contributed by atoms with Crippen LogP contribution in [-0.2, 0) is 4.74 Å². The van der Waals surface area contributed by atoms with Gasteiger partial charge in [0, 0.05) is 63.4 Å². The number of anilines is 2. The van der Waals surface area contributed by atoms with Gasteiger partial charge in [0.15, 0.2) is 0 Å². The molecule has 5 rings (SSSR count). The maximum absolute atomic E-state index is 13.6. The Bertz CT molecular complexity index is 1260. The summed E-state index contributed by atoms with van der Waals surface area (Å²) in [4.78, 5) is 23.9. The Hall–Kier alpha value is -3.59. The number of nitrogens with two attached hydrogens (primary N) is 1. The zero-order valence-electron chi connectivity index (χ0n) is 21.4. The summed E-state index contributed by atoms with van der Waals surface area (Å²) >= 11 is 0. The molecule has 2 aliphatic heterocycles. The number of hydrogen-bond donors (Lipinski definition) is 1. The van der Waals surface area contributed by atoms with E-state index in [1.54, 1.807) is 25.2 Å². The zero-order chi connectivity index (χ0) is 25.9. The summed E-state index contributed by atoms with van der Waals surface area (Å²) in [6.07, 6.45) is 0.320. The lowest BCUT2D eigenvalue weighted by molar-refractivity contribution is 0.0910. The molecule has 2 saturated heterocycles. The molecule has 2 amide bonds. The van der Waals surface area contributed by atoms with Crippen molar-refractivity contribution in [2.75, 3.05) is 57.6 Å². The molecular formula is C28H34FN5O3. The molecule has 3 heterocycles. The minimum Gasteiger partial charge on any atom is -0.496 e. The standard InChI is InChI=1S/C28H34FN5O3/c1-36-25-18-21(30)17-24(27(25)23-8-7-19-5-3-4-6-22(19)31-23)34-16-15-33(14-11-26(34)37-2)28(35)32-12-9-20(29)10-13-32/h3-8,17-18,20,26H,9-16,30H2,1-2H3. The number of piperidine rings is 1. The third-order valence-corrected chi connectivity index (χ3v) is 7.33. The molecule has 2 fully saturated rings. The van der Waals surface area contributed by atoms with Crippen LogP contribution in [0, 0.1) is 0 Å². The van der Waals surface area contributed by atoms with E-state index in [1.807, 2.05) is 41.3 Å². The number of alkyl halides is 1. The minimum absolute atomic E-state index is 0.0369. The predicted octanol–water partition coefficient (Wildman–Crippen LogP) is 4.53. The van der Waals surface area contributed by atoms with Crippen LogP contribution in [0.15, 0.2) is 48.5 Å². The second kappa shape index (κ2) is 10.8. The molecule has 37 heavy (non-hydrogen) atoms. The number of methoxy groups -OCH3 is 2. The van der Waals surface area contributed by atoms with Gasteiger partial charge in [-0.05, 0) is 31.0 Å². The monoisotopic (exact) mass is 507 g/mol. The molecule has 1 unspecified atom stereocenters. The van der Waals surface area contributed by atoms with Crippen molar-refractivity contribution in [3.8, 4) is 17.0 Å². The molecule has 1 atom stereocenters. The number of nitrogens with zero attached hydrogens (tertiary/aromatic N) is 4. The van der Waals surface area contributed by atoms with Crippen molar-refractivity contribution >= 4 is 28.3 Å². The second-order valence-electron chi connectivity index (χ2n) is 9.61. The molecule has 3 aromatic rings. The van der Waals surface area contributed by atoms with Crippen molar-refractivity contribution in [3.63, 3.8) is 0 Å². The highest BCUT2D eigenvalue weighted by molar-refractivity contribution is 5.89. The maximum Gasteiger partial charge on any atom is 0.320 e. The van der Waals surface area contributed by atoms with Crippen LogP contribution in [0.1, 0.15) is 19.3 Å². The number of fused-ring (bicyclic) bond motifs is 1. The van der Waals surface area contributed by atoms with Crippen LogP contribution < -0.4 is 15.4 Å². The number of halogens is 1. The maximum atomic E-state index is 13.6. The third kappa shape index (κ3) is 5.13. The molecule has 0 spiro atoms. The fraction of sp³-hybridized carbons (Fsp3) is 0.429. The molecule has 0 radical (unpaired) electrons. The first-order valence-electron chi connectivity index (χ1n) is 12.8. The van der Waals surface area contributed by atoms with Crippen molar-refractivity contribution in [1.82, 2.24) is 14.8 Å². The van der Waals surface area contributed by atoms with Crippen LogP contribution in [-0.4, -0.2) is 80.2 Å². The average Bonchev–Trinajstić information content (AvgIpc) is 3.15. The van der Waals surface area contributed by atoms with Crippen molar-refractivity contribution in [2.24, 2.45) is 0 Å². The first-order valence-corrected chi connectivity index (χ1v) is 12.8. The number of aromatic nitrogens is 1. The van der Waals surface area contributed by atoms with Crippen LogP contribution in [0.4, 0.5) is 20.6 Å². The Labute approximate surface area is 216 Å². The van der Waals surface area contributed by atoms with E-state index in [9.17, 15) is 9.18 Å². The van der Waals surface area contributed by atoms with Crippen LogP contribution in [0.5, 0.6) is 5.75 Å². The van der Waals surface area contributed by atoms with E-state index in [1.165, 1.54) is 0 Å². The largest absolute Gasteiger partial charge is 0.496 e. The lowest BCUT2D eigenvalue weighted by Gasteiger charge is -2.34. The molecule has 0 aliphatic carbocycles. The summed E-state index contributed by atoms with van der Waals surface area (Å²) in [5.41, 5.74) is 10.2. The number of rotatable bonds is 4. The van der Waals surface area contributed by atoms with Gasteiger partial charge in [-0.15, -0.1) is 0 Å². The van der Waals surface area contributed by atoms with E-state index in [2.05, 4.69) is 11.0 Å². The van der Waals surface area contributed by atoms with E-state index in [4.69, 9.17) is 20.2 Å². The fourth-order valence-electron chi connectivity index (χ4n) is 5.33. The average molecular weight is 508 g/mol. The summed E-state index contributed by atoms with van der Waals surface area (Å²) in [5, 5.41) is 1.05. The van der Waals surface area contributed by atoms with Crippen LogP contribution in [0.3, 0.4) is 0 Å². The number of para-hydroxylation sites is 1. The Kier molecular flexibility index (Phi) is 7.32. The summed E-state index contributed by atoms with van der Waals surface area (Å²) in [6, 6.07) is 15.7. The number of likely N-dealkylation sites (tertiary alicyclic amines) is 1. The SMILES string of the molecule is COc1cc(N)cc(N2CCN(C(=O)N3CCC(F)CC3)CCC2OC)c1-c1ccc2ccccc2n1. The summed E-state index contributed by atoms with van der Waals surface area (Å²) in [7, 11) is 3.30. The van der Waals surface area contributed by atoms with Crippen molar-refractivity contribution in [3.05, 3.63) is 48.5 Å². The molecule has 9 heteroatoms. The van der Waals surface area contributed by atoms with Gasteiger partial charge in [0.05, 0.1) is 29.6 Å². The number of pyridine rings is 1. The molecule has 0 bridgehead atoms.